The summed E-state index contributed by atoms with van der Waals surface area (Å²) in [5, 5.41) is 3.12. The molecule has 0 aliphatic rings. The highest BCUT2D eigenvalue weighted by atomic mass is 35.5. The van der Waals surface area contributed by atoms with Crippen LogP contribution in [0.5, 0.6) is 0 Å². The molecule has 0 aliphatic carbocycles. The van der Waals surface area contributed by atoms with Gasteiger partial charge in [-0.25, -0.2) is 10.2 Å². The van der Waals surface area contributed by atoms with Crippen LogP contribution in [-0.2, 0) is 0 Å². The summed E-state index contributed by atoms with van der Waals surface area (Å²) >= 11 is 5.23. The van der Waals surface area contributed by atoms with Crippen LogP contribution in [0.2, 0.25) is 0 Å². The molecule has 10 heavy (non-hydrogen) atoms. The van der Waals surface area contributed by atoms with Crippen molar-refractivity contribution in [2.75, 3.05) is 12.4 Å². The fraction of sp³-hybridized carbons (Fsp3) is 0.667. The van der Waals surface area contributed by atoms with Crippen LogP contribution in [-0.4, -0.2) is 23.6 Å². The molecule has 0 aromatic rings. The fourth-order valence-corrected chi connectivity index (χ4v) is 0.484. The van der Waals surface area contributed by atoms with E-state index in [1.54, 1.807) is 0 Å². The topological polar surface area (TPSA) is 87.8 Å². The average molecular weight is 167 g/mol. The van der Waals surface area contributed by atoms with Gasteiger partial charge >= 0.3 is 6.03 Å². The molecule has 0 atom stereocenters. The van der Waals surface area contributed by atoms with Crippen molar-refractivity contribution in [1.82, 2.24) is 10.5 Å². The first-order valence-electron chi connectivity index (χ1n) is 2.43. The van der Waals surface area contributed by atoms with E-state index in [2.05, 4.69) is 11.0 Å². The number of nitrogens with two attached hydrogens (primary N) is 1. The maximum atomic E-state index is 10.1. The third-order valence-electron chi connectivity index (χ3n) is 0.634. The zero-order chi connectivity index (χ0) is 7.98. The van der Waals surface area contributed by atoms with Gasteiger partial charge in [0.05, 0.1) is 11.8 Å². The van der Waals surface area contributed by atoms with E-state index >= 15 is 0 Å². The predicted octanol–water partition coefficient (Wildman–Crippen LogP) is -0.208. The van der Waals surface area contributed by atoms with Gasteiger partial charge in [0.2, 0.25) is 0 Å². The average Bonchev–Trinajstić information content (AvgIpc) is 1.86. The Kier molecular flexibility index (Phi) is 4.30. The van der Waals surface area contributed by atoms with Gasteiger partial charge in [-0.3, -0.25) is 0 Å². The Labute approximate surface area is 62.2 Å². The lowest BCUT2D eigenvalue weighted by atomic mass is 10.8. The molecule has 58 valence electrons. The van der Waals surface area contributed by atoms with Crippen LogP contribution in [0.25, 0.3) is 0 Å². The lowest BCUT2D eigenvalue weighted by molar-refractivity contribution is 0.192. The van der Waals surface area contributed by atoms with Crippen LogP contribution >= 0.6 is 11.6 Å². The quantitative estimate of drug-likeness (QED) is 0.344. The highest BCUT2D eigenvalue weighted by molar-refractivity contribution is 6.18. The molecular weight excluding hydrogens is 160 g/mol. The summed E-state index contributed by atoms with van der Waals surface area (Å²) in [5.74, 6) is 0.187. The van der Waals surface area contributed by atoms with E-state index in [1.165, 1.54) is 0 Å². The lowest BCUT2D eigenvalue weighted by Crippen LogP contribution is -2.42. The van der Waals surface area contributed by atoms with Crippen LogP contribution in [0.1, 0.15) is 0 Å². The molecule has 0 aliphatic heterocycles. The lowest BCUT2D eigenvalue weighted by Gasteiger charge is -2.11. The number of hydrazine groups is 1. The third kappa shape index (κ3) is 3.90. The Balaban J connectivity index is 3.59. The Morgan fingerprint density at radius 1 is 1.80 bits per heavy atom. The first-order valence-corrected chi connectivity index (χ1v) is 2.97. The molecule has 0 aromatic heterocycles. The van der Waals surface area contributed by atoms with Crippen molar-refractivity contribution >= 4 is 17.6 Å². The fourth-order valence-electron chi connectivity index (χ4n) is 0.324. The van der Waals surface area contributed by atoms with E-state index in [0.717, 1.165) is 5.12 Å². The molecule has 0 spiro atoms. The summed E-state index contributed by atoms with van der Waals surface area (Å²) in [6.45, 7) is 0.133. The second kappa shape index (κ2) is 4.80. The molecule has 7 heteroatoms. The first kappa shape index (κ1) is 8.96. The zero-order valence-corrected chi connectivity index (χ0v) is 5.84. The van der Waals surface area contributed by atoms with Crippen LogP contribution in [0.15, 0.2) is 5.29 Å². The highest BCUT2D eigenvalue weighted by Gasteiger charge is 2.01. The number of rotatable bonds is 4. The molecule has 0 rings (SSSR count). The number of amides is 2. The molecule has 0 saturated heterocycles. The Hall–Kier alpha value is -1.04. The predicted molar refractivity (Wildman–Crippen MR) is 35.9 cm³/mol. The van der Waals surface area contributed by atoms with E-state index in [0.29, 0.717) is 0 Å². The number of nitroso groups, excluding NO2 is 1. The van der Waals surface area contributed by atoms with Gasteiger partial charge < -0.3 is 5.73 Å². The third-order valence-corrected chi connectivity index (χ3v) is 0.803. The minimum absolute atomic E-state index is 0.133. The van der Waals surface area contributed by atoms with Gasteiger partial charge in [0.1, 0.15) is 0 Å². The molecular formula is C3H7ClN4O2. The summed E-state index contributed by atoms with van der Waals surface area (Å²) in [4.78, 5) is 19.8. The number of hydrogen-bond donors (Lipinski definition) is 2. The van der Waals surface area contributed by atoms with Gasteiger partial charge in [0, 0.05) is 5.88 Å². The highest BCUT2D eigenvalue weighted by Crippen LogP contribution is 1.83. The molecule has 0 aromatic carbocycles. The minimum atomic E-state index is -0.843. The van der Waals surface area contributed by atoms with Crippen molar-refractivity contribution in [3.05, 3.63) is 4.91 Å². The van der Waals surface area contributed by atoms with E-state index in [1.807, 2.05) is 5.43 Å². The van der Waals surface area contributed by atoms with Crippen LogP contribution < -0.4 is 11.2 Å². The van der Waals surface area contributed by atoms with Crippen molar-refractivity contribution in [1.29, 1.82) is 0 Å². The maximum Gasteiger partial charge on any atom is 0.332 e. The number of alkyl halides is 1. The van der Waals surface area contributed by atoms with Gasteiger partial charge in [-0.15, -0.1) is 16.5 Å². The van der Waals surface area contributed by atoms with E-state index in [-0.39, 0.29) is 12.4 Å². The number of urea groups is 1. The molecule has 0 bridgehead atoms. The number of halogens is 1. The van der Waals surface area contributed by atoms with Crippen molar-refractivity contribution < 1.29 is 4.79 Å². The van der Waals surface area contributed by atoms with E-state index in [9.17, 15) is 9.70 Å². The summed E-state index contributed by atoms with van der Waals surface area (Å²) in [7, 11) is 0. The molecule has 0 radical (unpaired) electrons. The van der Waals surface area contributed by atoms with E-state index in [4.69, 9.17) is 11.6 Å². The van der Waals surface area contributed by atoms with Gasteiger partial charge in [-0.2, -0.15) is 5.12 Å². The number of nitrogens with one attached hydrogen (secondary N) is 1. The van der Waals surface area contributed by atoms with Crippen LogP contribution in [0, 0.1) is 4.91 Å². The molecule has 0 fully saturated rings. The van der Waals surface area contributed by atoms with Gasteiger partial charge in [0.15, 0.2) is 0 Å². The SMILES string of the molecule is NC(=O)NN(CCCl)N=O. The summed E-state index contributed by atoms with van der Waals surface area (Å²) < 4.78 is 0. The van der Waals surface area contributed by atoms with Crippen LogP contribution in [0.3, 0.4) is 0 Å². The van der Waals surface area contributed by atoms with Gasteiger partial charge in [0.25, 0.3) is 0 Å². The van der Waals surface area contributed by atoms with Crippen molar-refractivity contribution in [3.63, 3.8) is 0 Å². The van der Waals surface area contributed by atoms with Crippen molar-refractivity contribution in [2.24, 2.45) is 11.0 Å². The summed E-state index contributed by atoms with van der Waals surface area (Å²) in [6, 6.07) is -0.843. The monoisotopic (exact) mass is 166 g/mol. The van der Waals surface area contributed by atoms with E-state index < -0.39 is 6.03 Å². The summed E-state index contributed by atoms with van der Waals surface area (Å²) in [5.41, 5.74) is 6.60. The smallest absolute Gasteiger partial charge is 0.332 e. The normalized spacial score (nSPS) is 8.50. The summed E-state index contributed by atoms with van der Waals surface area (Å²) in [6.07, 6.45) is 0. The second-order valence-electron chi connectivity index (χ2n) is 1.37. The van der Waals surface area contributed by atoms with Gasteiger partial charge in [-0.1, -0.05) is 0 Å². The van der Waals surface area contributed by atoms with Gasteiger partial charge in [-0.05, 0) is 0 Å². The molecule has 0 heterocycles. The number of primary amides is 1. The zero-order valence-electron chi connectivity index (χ0n) is 5.08. The number of carbonyl (C=O) groups excluding carboxylic acids is 1. The number of carbonyl (C=O) groups is 1. The van der Waals surface area contributed by atoms with Crippen molar-refractivity contribution in [3.8, 4) is 0 Å². The van der Waals surface area contributed by atoms with Crippen LogP contribution in [0.4, 0.5) is 4.79 Å². The Bertz CT molecular complexity index is 130. The number of nitrogens with zero attached hydrogens (tertiary/aromatic N) is 2. The molecule has 6 nitrogen and oxygen atoms in total. The molecule has 0 unspecified atom stereocenters. The largest absolute Gasteiger partial charge is 0.350 e. The Morgan fingerprint density at radius 2 is 2.40 bits per heavy atom. The second-order valence-corrected chi connectivity index (χ2v) is 1.75. The maximum absolute atomic E-state index is 10.1. The minimum Gasteiger partial charge on any atom is -0.350 e. The standard InChI is InChI=1S/C3H7ClN4O2/c4-1-2-8(7-10)6-3(5)9/h1-2H2,(H3,5,6,9). The van der Waals surface area contributed by atoms with Crippen molar-refractivity contribution in [2.45, 2.75) is 0 Å². The molecule has 0 saturated carbocycles. The number of hydrogen-bond acceptors (Lipinski definition) is 3. The Morgan fingerprint density at radius 3 is 2.70 bits per heavy atom. The molecule has 2 amide bonds. The first-order chi connectivity index (χ1) is 4.70. The molecule has 3 N–H and O–H groups in total.